The molecule has 6 heteroatoms. The van der Waals surface area contributed by atoms with E-state index in [1.807, 2.05) is 0 Å². The summed E-state index contributed by atoms with van der Waals surface area (Å²) >= 11 is 0. The summed E-state index contributed by atoms with van der Waals surface area (Å²) in [5.41, 5.74) is 0. The van der Waals surface area contributed by atoms with Gasteiger partial charge >= 0.3 is 7.82 Å². The highest BCUT2D eigenvalue weighted by Gasteiger charge is 2.24. The molecule has 60 valence electrons. The number of nitrogens with one attached hydrogen (secondary N) is 1. The summed E-state index contributed by atoms with van der Waals surface area (Å²) in [6.45, 7) is 1.30. The van der Waals surface area contributed by atoms with Crippen LogP contribution in [0, 0.1) is 0 Å². The molecule has 1 saturated heterocycles. The van der Waals surface area contributed by atoms with Gasteiger partial charge in [0.15, 0.2) is 0 Å². The molecule has 1 atom stereocenters. The van der Waals surface area contributed by atoms with Gasteiger partial charge in [-0.1, -0.05) is 0 Å². The molecule has 0 aromatic carbocycles. The van der Waals surface area contributed by atoms with Crippen molar-refractivity contribution < 1.29 is 18.9 Å². The van der Waals surface area contributed by atoms with Gasteiger partial charge in [-0.25, -0.2) is 4.57 Å². The normalized spacial score (nSPS) is 27.2. The van der Waals surface area contributed by atoms with Gasteiger partial charge < -0.3 is 15.1 Å². The second-order valence-corrected chi connectivity index (χ2v) is 3.40. The zero-order valence-electron chi connectivity index (χ0n) is 5.36. The minimum Gasteiger partial charge on any atom is -0.314 e. The van der Waals surface area contributed by atoms with Crippen molar-refractivity contribution in [2.75, 3.05) is 13.1 Å². The average molecular weight is 167 g/mol. The minimum absolute atomic E-state index is 0.319. The highest BCUT2D eigenvalue weighted by atomic mass is 31.2. The van der Waals surface area contributed by atoms with Crippen LogP contribution in [0.3, 0.4) is 0 Å². The lowest BCUT2D eigenvalue weighted by atomic mass is 10.3. The summed E-state index contributed by atoms with van der Waals surface area (Å²) in [6.07, 6.45) is 0.353. The van der Waals surface area contributed by atoms with Gasteiger partial charge in [0.25, 0.3) is 0 Å². The molecule has 0 amide bonds. The van der Waals surface area contributed by atoms with Crippen LogP contribution >= 0.6 is 7.82 Å². The summed E-state index contributed by atoms with van der Waals surface area (Å²) in [5.74, 6) is 0. The molecule has 0 aromatic rings. The van der Waals surface area contributed by atoms with Gasteiger partial charge in [0.05, 0.1) is 6.10 Å². The summed E-state index contributed by atoms with van der Waals surface area (Å²) in [5, 5.41) is 2.93. The Balaban J connectivity index is 2.31. The molecule has 0 bridgehead atoms. The van der Waals surface area contributed by atoms with Crippen LogP contribution in [0.15, 0.2) is 0 Å². The van der Waals surface area contributed by atoms with E-state index in [0.717, 1.165) is 6.54 Å². The molecule has 1 heterocycles. The van der Waals surface area contributed by atoms with Crippen LogP contribution in [0.25, 0.3) is 0 Å². The van der Waals surface area contributed by atoms with Crippen molar-refractivity contribution in [1.82, 2.24) is 5.32 Å². The van der Waals surface area contributed by atoms with Crippen molar-refractivity contribution in [2.45, 2.75) is 12.5 Å². The van der Waals surface area contributed by atoms with E-state index in [1.165, 1.54) is 0 Å². The Morgan fingerprint density at radius 3 is 2.70 bits per heavy atom. The number of rotatable bonds is 2. The predicted octanol–water partition coefficient (Wildman–Crippen LogP) is -0.542. The molecule has 3 N–H and O–H groups in total. The third-order valence-electron chi connectivity index (χ3n) is 1.30. The van der Waals surface area contributed by atoms with Gasteiger partial charge in [-0.2, -0.15) is 0 Å². The van der Waals surface area contributed by atoms with E-state index >= 15 is 0 Å². The Hall–Kier alpha value is 0.0700. The molecule has 10 heavy (non-hydrogen) atoms. The van der Waals surface area contributed by atoms with Crippen LogP contribution < -0.4 is 5.32 Å². The molecule has 1 fully saturated rings. The van der Waals surface area contributed by atoms with E-state index in [9.17, 15) is 4.57 Å². The van der Waals surface area contributed by atoms with E-state index in [4.69, 9.17) is 9.79 Å². The van der Waals surface area contributed by atoms with Gasteiger partial charge in [-0.05, 0) is 13.0 Å². The SMILES string of the molecule is O=P(O)(O)O[C@H]1CCNC1. The monoisotopic (exact) mass is 167 g/mol. The van der Waals surface area contributed by atoms with E-state index < -0.39 is 7.82 Å². The van der Waals surface area contributed by atoms with Gasteiger partial charge in [-0.3, -0.25) is 4.52 Å². The van der Waals surface area contributed by atoms with E-state index in [-0.39, 0.29) is 6.10 Å². The van der Waals surface area contributed by atoms with Crippen LogP contribution in [0.2, 0.25) is 0 Å². The highest BCUT2D eigenvalue weighted by Crippen LogP contribution is 2.38. The zero-order chi connectivity index (χ0) is 7.61. The third-order valence-corrected chi connectivity index (χ3v) is 1.87. The molecule has 1 aliphatic heterocycles. The Kier molecular flexibility index (Phi) is 2.44. The first-order valence-corrected chi connectivity index (χ1v) is 4.55. The molecule has 1 rings (SSSR count). The quantitative estimate of drug-likeness (QED) is 0.481. The Labute approximate surface area is 58.6 Å². The lowest BCUT2D eigenvalue weighted by molar-refractivity contribution is 0.145. The number of phosphoric acid groups is 1. The van der Waals surface area contributed by atoms with Crippen LogP contribution in [-0.4, -0.2) is 29.0 Å². The first-order valence-electron chi connectivity index (χ1n) is 3.02. The van der Waals surface area contributed by atoms with Crippen molar-refractivity contribution in [3.05, 3.63) is 0 Å². The van der Waals surface area contributed by atoms with E-state index in [0.29, 0.717) is 13.0 Å². The number of hydrogen-bond acceptors (Lipinski definition) is 3. The summed E-state index contributed by atoms with van der Waals surface area (Å²) in [7, 11) is -4.25. The highest BCUT2D eigenvalue weighted by molar-refractivity contribution is 7.46. The molecule has 0 saturated carbocycles. The molecule has 0 aliphatic carbocycles. The van der Waals surface area contributed by atoms with Crippen molar-refractivity contribution in [3.8, 4) is 0 Å². The average Bonchev–Trinajstić information content (AvgIpc) is 2.12. The van der Waals surface area contributed by atoms with Crippen molar-refractivity contribution >= 4 is 7.82 Å². The second-order valence-electron chi connectivity index (χ2n) is 2.21. The Morgan fingerprint density at radius 2 is 2.30 bits per heavy atom. The van der Waals surface area contributed by atoms with Gasteiger partial charge in [0, 0.05) is 6.54 Å². The maximum absolute atomic E-state index is 10.2. The molecule has 0 aromatic heterocycles. The number of hydrogen-bond donors (Lipinski definition) is 3. The van der Waals surface area contributed by atoms with Crippen LogP contribution in [0.4, 0.5) is 0 Å². The topological polar surface area (TPSA) is 78.8 Å². The maximum Gasteiger partial charge on any atom is 0.469 e. The number of phosphoric ester groups is 1. The fraction of sp³-hybridized carbons (Fsp3) is 1.00. The Bertz CT molecular complexity index is 149. The third kappa shape index (κ3) is 2.77. The maximum atomic E-state index is 10.2. The molecule has 0 spiro atoms. The molecular weight excluding hydrogens is 157 g/mol. The second kappa shape index (κ2) is 2.98. The smallest absolute Gasteiger partial charge is 0.314 e. The fourth-order valence-corrected chi connectivity index (χ4v) is 1.48. The van der Waals surface area contributed by atoms with Gasteiger partial charge in [-0.15, -0.1) is 0 Å². The first kappa shape index (κ1) is 8.17. The van der Waals surface area contributed by atoms with Gasteiger partial charge in [0.1, 0.15) is 0 Å². The first-order chi connectivity index (χ1) is 4.58. The molecule has 0 radical (unpaired) electrons. The van der Waals surface area contributed by atoms with E-state index in [2.05, 4.69) is 9.84 Å². The van der Waals surface area contributed by atoms with Crippen LogP contribution in [0.5, 0.6) is 0 Å². The standard InChI is InChI=1S/C4H10NO4P/c6-10(7,8)9-4-1-2-5-3-4/h4-5H,1-3H2,(H2,6,7,8)/t4-/m0/s1. The molecular formula is C4H10NO4P. The van der Waals surface area contributed by atoms with Crippen molar-refractivity contribution in [1.29, 1.82) is 0 Å². The summed E-state index contributed by atoms with van der Waals surface area (Å²) in [4.78, 5) is 16.7. The minimum atomic E-state index is -4.25. The largest absolute Gasteiger partial charge is 0.469 e. The summed E-state index contributed by atoms with van der Waals surface area (Å²) in [6, 6.07) is 0. The lowest BCUT2D eigenvalue weighted by Crippen LogP contribution is -2.15. The fourth-order valence-electron chi connectivity index (χ4n) is 0.912. The zero-order valence-corrected chi connectivity index (χ0v) is 6.25. The predicted molar refractivity (Wildman–Crippen MR) is 34.4 cm³/mol. The van der Waals surface area contributed by atoms with E-state index in [1.54, 1.807) is 0 Å². The summed E-state index contributed by atoms with van der Waals surface area (Å²) < 4.78 is 14.6. The van der Waals surface area contributed by atoms with Gasteiger partial charge in [0.2, 0.25) is 0 Å². The molecule has 5 nitrogen and oxygen atoms in total. The van der Waals surface area contributed by atoms with Crippen molar-refractivity contribution in [3.63, 3.8) is 0 Å². The molecule has 0 unspecified atom stereocenters. The lowest BCUT2D eigenvalue weighted by Gasteiger charge is -2.09. The molecule has 1 aliphatic rings. The van der Waals surface area contributed by atoms with Crippen LogP contribution in [0.1, 0.15) is 6.42 Å². The Morgan fingerprint density at radius 1 is 1.60 bits per heavy atom. The van der Waals surface area contributed by atoms with Crippen molar-refractivity contribution in [2.24, 2.45) is 0 Å². The van der Waals surface area contributed by atoms with Crippen LogP contribution in [-0.2, 0) is 9.09 Å².